The van der Waals surface area contributed by atoms with Crippen LogP contribution in [0.3, 0.4) is 0 Å². The topological polar surface area (TPSA) is 91.8 Å². The lowest BCUT2D eigenvalue weighted by atomic mass is 9.84. The van der Waals surface area contributed by atoms with Gasteiger partial charge in [-0.25, -0.2) is 13.2 Å². The predicted molar refractivity (Wildman–Crippen MR) is 87.5 cm³/mol. The Balaban J connectivity index is 1.96. The van der Waals surface area contributed by atoms with Crippen molar-refractivity contribution in [3.05, 3.63) is 29.8 Å². The fourth-order valence-corrected chi connectivity index (χ4v) is 4.65. The van der Waals surface area contributed by atoms with Gasteiger partial charge in [0.25, 0.3) is 5.91 Å². The Bertz CT molecular complexity index is 773. The van der Waals surface area contributed by atoms with Gasteiger partial charge in [-0.3, -0.25) is 4.79 Å². The summed E-state index contributed by atoms with van der Waals surface area (Å²) in [7, 11) is -3.42. The maximum atomic E-state index is 13.0. The van der Waals surface area contributed by atoms with Crippen LogP contribution in [0.1, 0.15) is 42.5 Å². The molecule has 3 atom stereocenters. The van der Waals surface area contributed by atoms with E-state index in [4.69, 9.17) is 0 Å². The lowest BCUT2D eigenvalue weighted by Gasteiger charge is -2.33. The maximum Gasteiger partial charge on any atom is 0.326 e. The third kappa shape index (κ3) is 3.05. The lowest BCUT2D eigenvalue weighted by Crippen LogP contribution is -2.46. The predicted octanol–water partition coefficient (Wildman–Crippen LogP) is 1.95. The number of rotatable bonds is 3. The van der Waals surface area contributed by atoms with Crippen molar-refractivity contribution >= 4 is 21.7 Å². The maximum absolute atomic E-state index is 13.0. The van der Waals surface area contributed by atoms with E-state index < -0.39 is 21.8 Å². The summed E-state index contributed by atoms with van der Waals surface area (Å²) in [6.45, 7) is 0. The highest BCUT2D eigenvalue weighted by Crippen LogP contribution is 2.40. The number of likely N-dealkylation sites (tertiary alicyclic amines) is 1. The van der Waals surface area contributed by atoms with Gasteiger partial charge < -0.3 is 10.0 Å². The first kappa shape index (κ1) is 17.0. The van der Waals surface area contributed by atoms with Gasteiger partial charge >= 0.3 is 5.97 Å². The van der Waals surface area contributed by atoms with Crippen molar-refractivity contribution in [2.24, 2.45) is 5.92 Å². The minimum Gasteiger partial charge on any atom is -0.480 e. The van der Waals surface area contributed by atoms with Gasteiger partial charge in [0.05, 0.1) is 4.90 Å². The molecule has 1 saturated heterocycles. The molecule has 1 heterocycles. The molecule has 2 fully saturated rings. The molecule has 3 unspecified atom stereocenters. The van der Waals surface area contributed by atoms with E-state index in [9.17, 15) is 23.1 Å². The normalized spacial score (nSPS) is 26.9. The summed E-state index contributed by atoms with van der Waals surface area (Å²) in [5, 5.41) is 9.52. The highest BCUT2D eigenvalue weighted by Gasteiger charge is 2.47. The van der Waals surface area contributed by atoms with Crippen molar-refractivity contribution in [3.63, 3.8) is 0 Å². The highest BCUT2D eigenvalue weighted by molar-refractivity contribution is 7.90. The number of aliphatic carboxylic acids is 1. The summed E-state index contributed by atoms with van der Waals surface area (Å²) in [4.78, 5) is 26.1. The average Bonchev–Trinajstić information content (AvgIpc) is 2.93. The van der Waals surface area contributed by atoms with E-state index in [2.05, 4.69) is 0 Å². The Morgan fingerprint density at radius 3 is 2.58 bits per heavy atom. The number of hydrogen-bond acceptors (Lipinski definition) is 4. The van der Waals surface area contributed by atoms with E-state index in [0.717, 1.165) is 31.9 Å². The van der Waals surface area contributed by atoms with Gasteiger partial charge in [-0.2, -0.15) is 0 Å². The molecule has 1 saturated carbocycles. The first-order chi connectivity index (χ1) is 11.3. The van der Waals surface area contributed by atoms with Crippen molar-refractivity contribution in [2.75, 3.05) is 6.26 Å². The van der Waals surface area contributed by atoms with Gasteiger partial charge in [0.2, 0.25) is 0 Å². The van der Waals surface area contributed by atoms with E-state index in [-0.39, 0.29) is 28.3 Å². The smallest absolute Gasteiger partial charge is 0.326 e. The van der Waals surface area contributed by atoms with Crippen molar-refractivity contribution in [1.29, 1.82) is 0 Å². The Labute approximate surface area is 141 Å². The average molecular weight is 351 g/mol. The van der Waals surface area contributed by atoms with Gasteiger partial charge in [0, 0.05) is 17.9 Å². The summed E-state index contributed by atoms with van der Waals surface area (Å²) >= 11 is 0. The van der Waals surface area contributed by atoms with Crippen LogP contribution in [0.25, 0.3) is 0 Å². The van der Waals surface area contributed by atoms with Crippen molar-refractivity contribution in [1.82, 2.24) is 4.90 Å². The van der Waals surface area contributed by atoms with Crippen LogP contribution >= 0.6 is 0 Å². The largest absolute Gasteiger partial charge is 0.480 e. The number of benzene rings is 1. The molecule has 6 nitrogen and oxygen atoms in total. The molecule has 0 radical (unpaired) electrons. The first-order valence-corrected chi connectivity index (χ1v) is 10.0. The second kappa shape index (κ2) is 6.20. The molecule has 1 N–H and O–H groups in total. The molecule has 0 bridgehead atoms. The number of carboxylic acids is 1. The van der Waals surface area contributed by atoms with Crippen LogP contribution in [0.2, 0.25) is 0 Å². The lowest BCUT2D eigenvalue weighted by molar-refractivity contribution is -0.141. The monoisotopic (exact) mass is 351 g/mol. The number of sulfone groups is 1. The van der Waals surface area contributed by atoms with Crippen molar-refractivity contribution < 1.29 is 23.1 Å². The number of carbonyl (C=O) groups excluding carboxylic acids is 1. The van der Waals surface area contributed by atoms with Crippen LogP contribution in [0.4, 0.5) is 0 Å². The Hall–Kier alpha value is -1.89. The summed E-state index contributed by atoms with van der Waals surface area (Å²) in [5.74, 6) is -1.15. The molecule has 0 spiro atoms. The molecule has 0 aromatic heterocycles. The zero-order valence-electron chi connectivity index (χ0n) is 13.5. The van der Waals surface area contributed by atoms with Gasteiger partial charge in [0.1, 0.15) is 6.04 Å². The summed E-state index contributed by atoms with van der Waals surface area (Å²) < 4.78 is 23.4. The molecule has 7 heteroatoms. The van der Waals surface area contributed by atoms with E-state index in [0.29, 0.717) is 6.42 Å². The standard InChI is InChI=1S/C17H21NO5S/c1-24(22,23)13-7-4-6-12(9-13)16(19)18-14-8-3-2-5-11(14)10-15(18)17(20)21/h4,6-7,9,11,14-15H,2-3,5,8,10H2,1H3,(H,20,21). The van der Waals surface area contributed by atoms with E-state index in [1.54, 1.807) is 6.07 Å². The Morgan fingerprint density at radius 2 is 1.92 bits per heavy atom. The molecular weight excluding hydrogens is 330 g/mol. The number of nitrogens with zero attached hydrogens (tertiary/aromatic N) is 1. The van der Waals surface area contributed by atoms with Crippen LogP contribution in [-0.4, -0.2) is 48.6 Å². The molecule has 1 aromatic rings. The molecule has 3 rings (SSSR count). The molecule has 1 aliphatic heterocycles. The second-order valence-corrected chi connectivity index (χ2v) is 8.73. The molecule has 1 aliphatic carbocycles. The third-order valence-electron chi connectivity index (χ3n) is 5.12. The Morgan fingerprint density at radius 1 is 1.21 bits per heavy atom. The third-order valence-corrected chi connectivity index (χ3v) is 6.23. The zero-order chi connectivity index (χ0) is 17.5. The number of carboxylic acid groups (broad SMARTS) is 1. The van der Waals surface area contributed by atoms with Gasteiger partial charge in [-0.1, -0.05) is 18.9 Å². The summed E-state index contributed by atoms with van der Waals surface area (Å²) in [5.41, 5.74) is 0.232. The summed E-state index contributed by atoms with van der Waals surface area (Å²) in [6.07, 6.45) is 5.38. The number of amides is 1. The zero-order valence-corrected chi connectivity index (χ0v) is 14.3. The minimum absolute atomic E-state index is 0.0609. The Kier molecular flexibility index (Phi) is 4.38. The fourth-order valence-electron chi connectivity index (χ4n) is 3.98. The van der Waals surface area contributed by atoms with Crippen LogP contribution in [-0.2, 0) is 14.6 Å². The molecule has 1 amide bonds. The quantitative estimate of drug-likeness (QED) is 0.898. The number of fused-ring (bicyclic) bond motifs is 1. The van der Waals surface area contributed by atoms with Gasteiger partial charge in [-0.05, 0) is 43.4 Å². The van der Waals surface area contributed by atoms with E-state index >= 15 is 0 Å². The SMILES string of the molecule is CS(=O)(=O)c1cccc(C(=O)N2C(C(=O)O)CC3CCCCC32)c1. The van der Waals surface area contributed by atoms with Crippen LogP contribution in [0.15, 0.2) is 29.2 Å². The molecular formula is C17H21NO5S. The minimum atomic E-state index is -3.42. The summed E-state index contributed by atoms with van der Waals surface area (Å²) in [6, 6.07) is 4.96. The number of carbonyl (C=O) groups is 2. The number of hydrogen-bond donors (Lipinski definition) is 1. The van der Waals surface area contributed by atoms with Crippen LogP contribution in [0, 0.1) is 5.92 Å². The van der Waals surface area contributed by atoms with E-state index in [1.807, 2.05) is 0 Å². The van der Waals surface area contributed by atoms with E-state index in [1.165, 1.54) is 23.1 Å². The van der Waals surface area contributed by atoms with Crippen molar-refractivity contribution in [3.8, 4) is 0 Å². The second-order valence-electron chi connectivity index (χ2n) is 6.71. The van der Waals surface area contributed by atoms with Gasteiger partial charge in [0.15, 0.2) is 9.84 Å². The molecule has 24 heavy (non-hydrogen) atoms. The van der Waals surface area contributed by atoms with Crippen LogP contribution < -0.4 is 0 Å². The first-order valence-electron chi connectivity index (χ1n) is 8.14. The van der Waals surface area contributed by atoms with Crippen molar-refractivity contribution in [2.45, 2.75) is 49.1 Å². The fraction of sp³-hybridized carbons (Fsp3) is 0.529. The highest BCUT2D eigenvalue weighted by atomic mass is 32.2. The van der Waals surface area contributed by atoms with Gasteiger partial charge in [-0.15, -0.1) is 0 Å². The molecule has 1 aromatic carbocycles. The molecule has 130 valence electrons. The van der Waals surface area contributed by atoms with Crippen LogP contribution in [0.5, 0.6) is 0 Å². The molecule has 2 aliphatic rings.